The quantitative estimate of drug-likeness (QED) is 0.755. The first-order valence-corrected chi connectivity index (χ1v) is 6.05. The summed E-state index contributed by atoms with van der Waals surface area (Å²) in [7, 11) is 0. The molecule has 102 valence electrons. The molecule has 8 heteroatoms. The molecule has 0 aliphatic carbocycles. The Bertz CT molecular complexity index is 774. The lowest BCUT2D eigenvalue weighted by Gasteiger charge is -2.08. The average Bonchev–Trinajstić information content (AvgIpc) is 2.88. The normalized spacial score (nSPS) is 10.9. The van der Waals surface area contributed by atoms with Crippen LogP contribution in [-0.4, -0.2) is 19.6 Å². The first-order valence-electron chi connectivity index (χ1n) is 5.67. The van der Waals surface area contributed by atoms with Gasteiger partial charge in [0.25, 0.3) is 5.78 Å². The van der Waals surface area contributed by atoms with E-state index in [9.17, 15) is 8.78 Å². The van der Waals surface area contributed by atoms with Crippen molar-refractivity contribution in [3.63, 3.8) is 0 Å². The SMILES string of the molecule is Fc1ccc(CNc2cc(Cl)nc3ncnn23)cc1F. The molecule has 0 unspecified atom stereocenters. The summed E-state index contributed by atoms with van der Waals surface area (Å²) >= 11 is 5.87. The van der Waals surface area contributed by atoms with Crippen molar-refractivity contribution in [2.75, 3.05) is 5.32 Å². The highest BCUT2D eigenvalue weighted by Crippen LogP contribution is 2.16. The van der Waals surface area contributed by atoms with Gasteiger partial charge >= 0.3 is 0 Å². The number of aromatic nitrogens is 4. The van der Waals surface area contributed by atoms with Gasteiger partial charge < -0.3 is 5.32 Å². The summed E-state index contributed by atoms with van der Waals surface area (Å²) in [6.07, 6.45) is 1.35. The Morgan fingerprint density at radius 2 is 2.05 bits per heavy atom. The molecule has 0 amide bonds. The zero-order chi connectivity index (χ0) is 14.1. The van der Waals surface area contributed by atoms with Crippen molar-refractivity contribution in [3.8, 4) is 0 Å². The fourth-order valence-corrected chi connectivity index (χ4v) is 1.93. The van der Waals surface area contributed by atoms with E-state index >= 15 is 0 Å². The van der Waals surface area contributed by atoms with Crippen molar-refractivity contribution in [2.24, 2.45) is 0 Å². The van der Waals surface area contributed by atoms with Crippen LogP contribution in [0.2, 0.25) is 5.15 Å². The van der Waals surface area contributed by atoms with Gasteiger partial charge in [-0.1, -0.05) is 17.7 Å². The van der Waals surface area contributed by atoms with E-state index < -0.39 is 11.6 Å². The second-order valence-electron chi connectivity index (χ2n) is 4.04. The molecule has 3 aromatic rings. The van der Waals surface area contributed by atoms with E-state index in [0.29, 0.717) is 17.2 Å². The van der Waals surface area contributed by atoms with Crippen molar-refractivity contribution < 1.29 is 8.78 Å². The maximum Gasteiger partial charge on any atom is 0.255 e. The molecule has 1 aromatic carbocycles. The Hall–Kier alpha value is -2.28. The summed E-state index contributed by atoms with van der Waals surface area (Å²) in [6, 6.07) is 5.27. The number of halogens is 3. The highest BCUT2D eigenvalue weighted by Gasteiger charge is 2.07. The lowest BCUT2D eigenvalue weighted by molar-refractivity contribution is 0.507. The number of nitrogens with one attached hydrogen (secondary N) is 1. The van der Waals surface area contributed by atoms with Gasteiger partial charge in [0.1, 0.15) is 17.3 Å². The van der Waals surface area contributed by atoms with E-state index in [1.807, 2.05) is 0 Å². The van der Waals surface area contributed by atoms with Crippen LogP contribution in [0.25, 0.3) is 5.78 Å². The van der Waals surface area contributed by atoms with E-state index in [-0.39, 0.29) is 11.7 Å². The van der Waals surface area contributed by atoms with Crippen LogP contribution in [0.5, 0.6) is 0 Å². The molecule has 0 aliphatic rings. The molecule has 0 spiro atoms. The summed E-state index contributed by atoms with van der Waals surface area (Å²) < 4.78 is 27.4. The minimum atomic E-state index is -0.886. The summed E-state index contributed by atoms with van der Waals surface area (Å²) in [5.41, 5.74) is 0.588. The number of hydrogen-bond donors (Lipinski definition) is 1. The average molecular weight is 296 g/mol. The minimum absolute atomic E-state index is 0.262. The molecule has 0 radical (unpaired) electrons. The van der Waals surface area contributed by atoms with Crippen LogP contribution in [0.1, 0.15) is 5.56 Å². The molecule has 0 atom stereocenters. The predicted molar refractivity (Wildman–Crippen MR) is 69.5 cm³/mol. The topological polar surface area (TPSA) is 55.1 Å². The summed E-state index contributed by atoms with van der Waals surface area (Å²) in [6.45, 7) is 0.284. The summed E-state index contributed by atoms with van der Waals surface area (Å²) in [5, 5.41) is 7.28. The van der Waals surface area contributed by atoms with E-state index in [0.717, 1.165) is 12.1 Å². The monoisotopic (exact) mass is 295 g/mol. The molecule has 0 saturated carbocycles. The lowest BCUT2D eigenvalue weighted by atomic mass is 10.2. The van der Waals surface area contributed by atoms with Gasteiger partial charge in [-0.25, -0.2) is 8.78 Å². The fraction of sp³-hybridized carbons (Fsp3) is 0.0833. The Morgan fingerprint density at radius 3 is 2.85 bits per heavy atom. The third-order valence-electron chi connectivity index (χ3n) is 2.68. The molecule has 1 N–H and O–H groups in total. The molecule has 20 heavy (non-hydrogen) atoms. The molecule has 0 aliphatic heterocycles. The largest absolute Gasteiger partial charge is 0.366 e. The minimum Gasteiger partial charge on any atom is -0.366 e. The van der Waals surface area contributed by atoms with Gasteiger partial charge in [-0.3, -0.25) is 0 Å². The van der Waals surface area contributed by atoms with Crippen LogP contribution >= 0.6 is 11.6 Å². The van der Waals surface area contributed by atoms with Gasteiger partial charge in [0, 0.05) is 12.6 Å². The predicted octanol–water partition coefficient (Wildman–Crippen LogP) is 2.67. The van der Waals surface area contributed by atoms with Crippen LogP contribution in [0, 0.1) is 11.6 Å². The molecule has 0 bridgehead atoms. The van der Waals surface area contributed by atoms with Crippen LogP contribution < -0.4 is 5.32 Å². The van der Waals surface area contributed by atoms with Gasteiger partial charge in [0.2, 0.25) is 0 Å². The van der Waals surface area contributed by atoms with E-state index in [2.05, 4.69) is 20.4 Å². The van der Waals surface area contributed by atoms with Crippen LogP contribution in [0.4, 0.5) is 14.6 Å². The molecule has 5 nitrogen and oxygen atoms in total. The van der Waals surface area contributed by atoms with Gasteiger partial charge in [0.05, 0.1) is 0 Å². The highest BCUT2D eigenvalue weighted by atomic mass is 35.5. The van der Waals surface area contributed by atoms with E-state index in [1.54, 1.807) is 6.07 Å². The fourth-order valence-electron chi connectivity index (χ4n) is 1.75. The van der Waals surface area contributed by atoms with Gasteiger partial charge in [-0.05, 0) is 17.7 Å². The second-order valence-corrected chi connectivity index (χ2v) is 4.43. The van der Waals surface area contributed by atoms with Crippen molar-refractivity contribution in [1.29, 1.82) is 0 Å². The maximum atomic E-state index is 13.1. The molecule has 2 heterocycles. The van der Waals surface area contributed by atoms with E-state index in [4.69, 9.17) is 11.6 Å². The third-order valence-corrected chi connectivity index (χ3v) is 2.87. The van der Waals surface area contributed by atoms with Crippen molar-refractivity contribution in [2.45, 2.75) is 6.54 Å². The van der Waals surface area contributed by atoms with Crippen molar-refractivity contribution in [3.05, 3.63) is 52.9 Å². The summed E-state index contributed by atoms with van der Waals surface area (Å²) in [5.74, 6) is -0.852. The standard InChI is InChI=1S/C12H8ClF2N5/c13-10-4-11(20-12(19-10)17-6-18-20)16-5-7-1-2-8(14)9(15)3-7/h1-4,6,16H,5H2. The second kappa shape index (κ2) is 5.01. The highest BCUT2D eigenvalue weighted by molar-refractivity contribution is 6.29. The Kier molecular flexibility index (Phi) is 3.19. The van der Waals surface area contributed by atoms with Crippen LogP contribution in [0.15, 0.2) is 30.6 Å². The first kappa shape index (κ1) is 12.7. The number of fused-ring (bicyclic) bond motifs is 1. The maximum absolute atomic E-state index is 13.1. The number of benzene rings is 1. The van der Waals surface area contributed by atoms with Crippen molar-refractivity contribution >= 4 is 23.2 Å². The number of rotatable bonds is 3. The van der Waals surface area contributed by atoms with Crippen molar-refractivity contribution in [1.82, 2.24) is 19.6 Å². The molecule has 0 saturated heterocycles. The molecular formula is C12H8ClF2N5. The number of anilines is 1. The van der Waals surface area contributed by atoms with E-state index in [1.165, 1.54) is 16.9 Å². The first-order chi connectivity index (χ1) is 9.63. The zero-order valence-electron chi connectivity index (χ0n) is 10.0. The molecule has 2 aromatic heterocycles. The zero-order valence-corrected chi connectivity index (χ0v) is 10.8. The Balaban J connectivity index is 1.86. The molecule has 3 rings (SSSR count). The number of nitrogens with zero attached hydrogens (tertiary/aromatic N) is 4. The van der Waals surface area contributed by atoms with Gasteiger partial charge in [-0.15, -0.1) is 0 Å². The summed E-state index contributed by atoms with van der Waals surface area (Å²) in [4.78, 5) is 7.91. The smallest absolute Gasteiger partial charge is 0.255 e. The van der Waals surface area contributed by atoms with Crippen LogP contribution in [0.3, 0.4) is 0 Å². The third kappa shape index (κ3) is 2.39. The van der Waals surface area contributed by atoms with Gasteiger partial charge in [0.15, 0.2) is 11.6 Å². The lowest BCUT2D eigenvalue weighted by Crippen LogP contribution is -2.06. The molecule has 0 fully saturated rings. The number of hydrogen-bond acceptors (Lipinski definition) is 4. The van der Waals surface area contributed by atoms with Gasteiger partial charge in [-0.2, -0.15) is 19.6 Å². The molecular weight excluding hydrogens is 288 g/mol. The van der Waals surface area contributed by atoms with Crippen LogP contribution in [-0.2, 0) is 6.54 Å². The Labute approximate surface area is 117 Å². The Morgan fingerprint density at radius 1 is 1.20 bits per heavy atom.